The summed E-state index contributed by atoms with van der Waals surface area (Å²) in [5, 5.41) is 0. The van der Waals surface area contributed by atoms with Crippen molar-refractivity contribution in [2.45, 2.75) is 38.8 Å². The third kappa shape index (κ3) is 4.66. The highest BCUT2D eigenvalue weighted by Crippen LogP contribution is 2.36. The number of benzene rings is 3. The van der Waals surface area contributed by atoms with Crippen molar-refractivity contribution in [3.05, 3.63) is 83.4 Å². The van der Waals surface area contributed by atoms with Crippen LogP contribution in [0.4, 0.5) is 22.0 Å². The van der Waals surface area contributed by atoms with Crippen molar-refractivity contribution < 1.29 is 22.0 Å². The van der Waals surface area contributed by atoms with Gasteiger partial charge in [-0.15, -0.1) is 0 Å². The Hall–Kier alpha value is -2.69. The van der Waals surface area contributed by atoms with Gasteiger partial charge in [-0.1, -0.05) is 68.8 Å². The first-order valence-electron chi connectivity index (χ1n) is 9.47. The lowest BCUT2D eigenvalue weighted by atomic mass is 9.94. The molecule has 1 unspecified atom stereocenters. The number of rotatable bonds is 5. The lowest BCUT2D eigenvalue weighted by molar-refractivity contribution is -0.142. The van der Waals surface area contributed by atoms with E-state index in [4.69, 9.17) is 0 Å². The molecule has 0 amide bonds. The number of hydrogen-bond donors (Lipinski definition) is 0. The Kier molecular flexibility index (Phi) is 6.06. The summed E-state index contributed by atoms with van der Waals surface area (Å²) >= 11 is 0. The van der Waals surface area contributed by atoms with Crippen molar-refractivity contribution >= 4 is 0 Å². The monoisotopic (exact) mass is 404 g/mol. The van der Waals surface area contributed by atoms with Crippen LogP contribution in [0.3, 0.4) is 0 Å². The molecule has 5 heteroatoms. The van der Waals surface area contributed by atoms with E-state index in [1.54, 1.807) is 24.3 Å². The van der Waals surface area contributed by atoms with Crippen molar-refractivity contribution in [2.24, 2.45) is 0 Å². The van der Waals surface area contributed by atoms with Gasteiger partial charge in [-0.3, -0.25) is 0 Å². The maximum atomic E-state index is 13.8. The van der Waals surface area contributed by atoms with Gasteiger partial charge in [-0.05, 0) is 52.3 Å². The van der Waals surface area contributed by atoms with Gasteiger partial charge in [0.05, 0.1) is 0 Å². The SMILES string of the molecule is CCCC(C)c1ccc(-c2ccc(-c3cc(F)c(C(F)(F)F)c(F)c3)cc2)cc1. The number of alkyl halides is 3. The molecule has 1 atom stereocenters. The summed E-state index contributed by atoms with van der Waals surface area (Å²) in [4.78, 5) is 0. The maximum Gasteiger partial charge on any atom is 0.422 e. The summed E-state index contributed by atoms with van der Waals surface area (Å²) in [6, 6.07) is 16.5. The van der Waals surface area contributed by atoms with E-state index < -0.39 is 23.4 Å². The van der Waals surface area contributed by atoms with Crippen molar-refractivity contribution in [1.29, 1.82) is 0 Å². The topological polar surface area (TPSA) is 0 Å². The van der Waals surface area contributed by atoms with Crippen LogP contribution in [0.1, 0.15) is 43.7 Å². The fourth-order valence-corrected chi connectivity index (χ4v) is 3.47. The van der Waals surface area contributed by atoms with Gasteiger partial charge < -0.3 is 0 Å². The minimum atomic E-state index is -5.07. The molecule has 0 bridgehead atoms. The number of halogens is 5. The molecule has 3 aromatic rings. The quantitative estimate of drug-likeness (QED) is 0.376. The minimum Gasteiger partial charge on any atom is -0.206 e. The van der Waals surface area contributed by atoms with Crippen molar-refractivity contribution in [1.82, 2.24) is 0 Å². The second kappa shape index (κ2) is 8.36. The van der Waals surface area contributed by atoms with Crippen LogP contribution in [0, 0.1) is 11.6 Å². The summed E-state index contributed by atoms with van der Waals surface area (Å²) < 4.78 is 65.8. The van der Waals surface area contributed by atoms with E-state index in [1.165, 1.54) is 5.56 Å². The molecule has 0 aromatic heterocycles. The zero-order valence-electron chi connectivity index (χ0n) is 16.2. The molecule has 0 N–H and O–H groups in total. The Labute approximate surface area is 167 Å². The van der Waals surface area contributed by atoms with Gasteiger partial charge in [-0.2, -0.15) is 13.2 Å². The molecule has 152 valence electrons. The van der Waals surface area contributed by atoms with Gasteiger partial charge in [0.1, 0.15) is 17.2 Å². The van der Waals surface area contributed by atoms with Crippen LogP contribution in [0.5, 0.6) is 0 Å². The first-order chi connectivity index (χ1) is 13.7. The predicted molar refractivity (Wildman–Crippen MR) is 106 cm³/mol. The normalized spacial score (nSPS) is 12.8. The Balaban J connectivity index is 1.86. The molecule has 0 aliphatic carbocycles. The zero-order valence-corrected chi connectivity index (χ0v) is 16.2. The molecular weight excluding hydrogens is 383 g/mol. The van der Waals surface area contributed by atoms with E-state index in [0.717, 1.165) is 24.0 Å². The molecule has 0 aliphatic heterocycles. The van der Waals surface area contributed by atoms with E-state index in [-0.39, 0.29) is 5.56 Å². The second-order valence-electron chi connectivity index (χ2n) is 7.20. The van der Waals surface area contributed by atoms with Gasteiger partial charge in [-0.25, -0.2) is 8.78 Å². The van der Waals surface area contributed by atoms with Gasteiger partial charge in [0.15, 0.2) is 0 Å². The van der Waals surface area contributed by atoms with Crippen LogP contribution < -0.4 is 0 Å². The molecule has 3 aromatic carbocycles. The Bertz CT molecular complexity index is 947. The first-order valence-corrected chi connectivity index (χ1v) is 9.47. The highest BCUT2D eigenvalue weighted by Gasteiger charge is 2.37. The molecule has 0 spiro atoms. The molecule has 0 fully saturated rings. The average Bonchev–Trinajstić information content (AvgIpc) is 2.67. The Morgan fingerprint density at radius 2 is 1.14 bits per heavy atom. The highest BCUT2D eigenvalue weighted by atomic mass is 19.4. The molecule has 3 rings (SSSR count). The van der Waals surface area contributed by atoms with E-state index >= 15 is 0 Å². The third-order valence-electron chi connectivity index (χ3n) is 5.08. The highest BCUT2D eigenvalue weighted by molar-refractivity contribution is 5.71. The Morgan fingerprint density at radius 3 is 1.55 bits per heavy atom. The van der Waals surface area contributed by atoms with Gasteiger partial charge >= 0.3 is 6.18 Å². The molecule has 0 heterocycles. The molecule has 0 saturated heterocycles. The molecular formula is C24H21F5. The average molecular weight is 404 g/mol. The van der Waals surface area contributed by atoms with Gasteiger partial charge in [0.2, 0.25) is 0 Å². The summed E-state index contributed by atoms with van der Waals surface area (Å²) in [5.41, 5.74) is 1.81. The third-order valence-corrected chi connectivity index (χ3v) is 5.08. The van der Waals surface area contributed by atoms with Crippen molar-refractivity contribution in [3.63, 3.8) is 0 Å². The molecule has 0 aliphatic rings. The standard InChI is InChI=1S/C24H21F5/c1-3-4-15(2)16-5-7-17(8-6-16)18-9-11-19(12-10-18)20-13-21(25)23(22(26)14-20)24(27,28)29/h5-15H,3-4H2,1-2H3. The lowest BCUT2D eigenvalue weighted by Gasteiger charge is -2.12. The van der Waals surface area contributed by atoms with Crippen molar-refractivity contribution in [2.75, 3.05) is 0 Å². The summed E-state index contributed by atoms with van der Waals surface area (Å²) in [7, 11) is 0. The maximum absolute atomic E-state index is 13.8. The van der Waals surface area contributed by atoms with Crippen LogP contribution in [-0.4, -0.2) is 0 Å². The molecule has 0 saturated carbocycles. The number of hydrogen-bond acceptors (Lipinski definition) is 0. The second-order valence-corrected chi connectivity index (χ2v) is 7.20. The summed E-state index contributed by atoms with van der Waals surface area (Å²) in [6.07, 6.45) is -2.83. The van der Waals surface area contributed by atoms with Crippen LogP contribution in [0.25, 0.3) is 22.3 Å². The smallest absolute Gasteiger partial charge is 0.206 e. The fraction of sp³-hybridized carbons (Fsp3) is 0.250. The van der Waals surface area contributed by atoms with E-state index in [1.807, 2.05) is 12.1 Å². The van der Waals surface area contributed by atoms with Crippen LogP contribution in [-0.2, 0) is 6.18 Å². The van der Waals surface area contributed by atoms with Crippen molar-refractivity contribution in [3.8, 4) is 22.3 Å². The predicted octanol–water partition coefficient (Wildman–Crippen LogP) is 8.22. The van der Waals surface area contributed by atoms with Gasteiger partial charge in [0, 0.05) is 0 Å². The Morgan fingerprint density at radius 1 is 0.724 bits per heavy atom. The summed E-state index contributed by atoms with van der Waals surface area (Å²) in [5.74, 6) is -2.75. The molecule has 0 radical (unpaired) electrons. The van der Waals surface area contributed by atoms with E-state index in [9.17, 15) is 22.0 Å². The zero-order chi connectivity index (χ0) is 21.2. The minimum absolute atomic E-state index is 0.0586. The largest absolute Gasteiger partial charge is 0.422 e. The van der Waals surface area contributed by atoms with Crippen LogP contribution >= 0.6 is 0 Å². The van der Waals surface area contributed by atoms with Crippen LogP contribution in [0.2, 0.25) is 0 Å². The van der Waals surface area contributed by atoms with Crippen LogP contribution in [0.15, 0.2) is 60.7 Å². The van der Waals surface area contributed by atoms with Gasteiger partial charge in [0.25, 0.3) is 0 Å². The first kappa shape index (κ1) is 21.0. The lowest BCUT2D eigenvalue weighted by Crippen LogP contribution is -2.11. The molecule has 0 nitrogen and oxygen atoms in total. The fourth-order valence-electron chi connectivity index (χ4n) is 3.47. The summed E-state index contributed by atoms with van der Waals surface area (Å²) in [6.45, 7) is 4.34. The van der Waals surface area contributed by atoms with E-state index in [0.29, 0.717) is 23.6 Å². The van der Waals surface area contributed by atoms with E-state index in [2.05, 4.69) is 26.0 Å². The molecule has 29 heavy (non-hydrogen) atoms.